The average molecular weight is 566 g/mol. The maximum atomic E-state index is 14.1. The van der Waals surface area contributed by atoms with Gasteiger partial charge < -0.3 is 10.2 Å². The van der Waals surface area contributed by atoms with Crippen LogP contribution in [0.4, 0.5) is 10.1 Å². The Bertz CT molecular complexity index is 1410. The van der Waals surface area contributed by atoms with Gasteiger partial charge in [-0.3, -0.25) is 13.9 Å². The minimum Gasteiger partial charge on any atom is -0.352 e. The lowest BCUT2D eigenvalue weighted by Gasteiger charge is -2.33. The molecule has 40 heavy (non-hydrogen) atoms. The van der Waals surface area contributed by atoms with E-state index in [-0.39, 0.29) is 23.4 Å². The molecule has 0 radical (unpaired) electrons. The largest absolute Gasteiger partial charge is 0.352 e. The fraction of sp³-hybridized carbons (Fsp3) is 0.355. The molecule has 0 bridgehead atoms. The molecule has 1 aliphatic carbocycles. The number of nitrogens with one attached hydrogen (secondary N) is 1. The van der Waals surface area contributed by atoms with Gasteiger partial charge in [-0.05, 0) is 73.7 Å². The molecule has 7 nitrogen and oxygen atoms in total. The number of anilines is 1. The lowest BCUT2D eigenvalue weighted by atomic mass is 10.1. The molecule has 1 atom stereocenters. The Morgan fingerprint density at radius 2 is 1.65 bits per heavy atom. The van der Waals surface area contributed by atoms with Crippen LogP contribution in [-0.4, -0.2) is 43.8 Å². The highest BCUT2D eigenvalue weighted by atomic mass is 32.2. The molecule has 4 rings (SSSR count). The highest BCUT2D eigenvalue weighted by Crippen LogP contribution is 2.26. The third-order valence-corrected chi connectivity index (χ3v) is 9.04. The number of benzene rings is 3. The van der Waals surface area contributed by atoms with Crippen LogP contribution in [0.3, 0.4) is 0 Å². The number of hydrogen-bond acceptors (Lipinski definition) is 4. The zero-order valence-corrected chi connectivity index (χ0v) is 23.7. The summed E-state index contributed by atoms with van der Waals surface area (Å²) in [5, 5.41) is 3.08. The Kier molecular flexibility index (Phi) is 9.58. The molecule has 3 aromatic carbocycles. The SMILES string of the molecule is CC[C@@H](C(=O)NC1CCCC1)N(Cc1ccc(F)cc1)C(=O)CN(c1cccc(C)c1)S(=O)(=O)c1ccccc1. The van der Waals surface area contributed by atoms with Crippen LogP contribution in [-0.2, 0) is 26.2 Å². The molecule has 0 unspecified atom stereocenters. The summed E-state index contributed by atoms with van der Waals surface area (Å²) in [5.41, 5.74) is 1.82. The van der Waals surface area contributed by atoms with Crippen molar-refractivity contribution in [3.05, 3.63) is 95.8 Å². The molecule has 0 spiro atoms. The Morgan fingerprint density at radius 3 is 2.27 bits per heavy atom. The van der Waals surface area contributed by atoms with Gasteiger partial charge in [0.25, 0.3) is 10.0 Å². The van der Waals surface area contributed by atoms with Crippen LogP contribution in [0.5, 0.6) is 0 Å². The minimum absolute atomic E-state index is 0.0305. The molecule has 1 saturated carbocycles. The summed E-state index contributed by atoms with van der Waals surface area (Å²) in [5.74, 6) is -1.20. The minimum atomic E-state index is -4.11. The molecule has 3 aromatic rings. The van der Waals surface area contributed by atoms with Crippen molar-refractivity contribution in [1.82, 2.24) is 10.2 Å². The van der Waals surface area contributed by atoms with Crippen LogP contribution < -0.4 is 9.62 Å². The Labute approximate surface area is 236 Å². The molecular formula is C31H36FN3O4S. The number of nitrogens with zero attached hydrogens (tertiary/aromatic N) is 2. The molecule has 1 fully saturated rings. The first-order valence-electron chi connectivity index (χ1n) is 13.7. The number of carbonyl (C=O) groups excluding carboxylic acids is 2. The van der Waals surface area contributed by atoms with Crippen molar-refractivity contribution in [3.8, 4) is 0 Å². The van der Waals surface area contributed by atoms with Gasteiger partial charge in [0.05, 0.1) is 10.6 Å². The lowest BCUT2D eigenvalue weighted by Crippen LogP contribution is -2.53. The third kappa shape index (κ3) is 7.07. The van der Waals surface area contributed by atoms with E-state index in [0.29, 0.717) is 17.7 Å². The quantitative estimate of drug-likeness (QED) is 0.347. The fourth-order valence-electron chi connectivity index (χ4n) is 5.11. The van der Waals surface area contributed by atoms with Crippen LogP contribution in [0.1, 0.15) is 50.2 Å². The van der Waals surface area contributed by atoms with Crippen molar-refractivity contribution in [3.63, 3.8) is 0 Å². The predicted octanol–water partition coefficient (Wildman–Crippen LogP) is 5.20. The predicted molar refractivity (Wildman–Crippen MR) is 154 cm³/mol. The number of carbonyl (C=O) groups is 2. The van der Waals surface area contributed by atoms with Gasteiger partial charge >= 0.3 is 0 Å². The molecular weight excluding hydrogens is 529 g/mol. The third-order valence-electron chi connectivity index (χ3n) is 7.25. The summed E-state index contributed by atoms with van der Waals surface area (Å²) in [6, 6.07) is 19.9. The number of halogens is 1. The van der Waals surface area contributed by atoms with Crippen molar-refractivity contribution in [2.75, 3.05) is 10.8 Å². The summed E-state index contributed by atoms with van der Waals surface area (Å²) < 4.78 is 42.4. The fourth-order valence-corrected chi connectivity index (χ4v) is 6.53. The van der Waals surface area contributed by atoms with E-state index in [4.69, 9.17) is 0 Å². The molecule has 0 heterocycles. The van der Waals surface area contributed by atoms with Gasteiger partial charge in [-0.15, -0.1) is 0 Å². The number of sulfonamides is 1. The van der Waals surface area contributed by atoms with E-state index in [2.05, 4.69) is 5.32 Å². The summed E-state index contributed by atoms with van der Waals surface area (Å²) in [6.45, 7) is 3.20. The first-order valence-corrected chi connectivity index (χ1v) is 15.1. The van der Waals surface area contributed by atoms with Gasteiger partial charge in [0, 0.05) is 12.6 Å². The van der Waals surface area contributed by atoms with Crippen molar-refractivity contribution in [2.45, 2.75) is 69.5 Å². The zero-order chi connectivity index (χ0) is 28.7. The smallest absolute Gasteiger partial charge is 0.264 e. The van der Waals surface area contributed by atoms with Gasteiger partial charge in [-0.25, -0.2) is 12.8 Å². The van der Waals surface area contributed by atoms with E-state index < -0.39 is 34.3 Å². The molecule has 0 aliphatic heterocycles. The first kappa shape index (κ1) is 29.3. The van der Waals surface area contributed by atoms with Crippen LogP contribution in [0.2, 0.25) is 0 Å². The molecule has 9 heteroatoms. The van der Waals surface area contributed by atoms with Gasteiger partial charge in [0.2, 0.25) is 11.8 Å². The van der Waals surface area contributed by atoms with Crippen molar-refractivity contribution in [1.29, 1.82) is 0 Å². The second-order valence-corrected chi connectivity index (χ2v) is 12.1. The molecule has 2 amide bonds. The topological polar surface area (TPSA) is 86.8 Å². The normalized spacial score (nSPS) is 14.5. The van der Waals surface area contributed by atoms with Crippen LogP contribution in [0.15, 0.2) is 83.8 Å². The van der Waals surface area contributed by atoms with E-state index in [1.165, 1.54) is 29.2 Å². The number of rotatable bonds is 11. The summed E-state index contributed by atoms with van der Waals surface area (Å²) in [7, 11) is -4.11. The van der Waals surface area contributed by atoms with Gasteiger partial charge in [0.1, 0.15) is 18.4 Å². The Balaban J connectivity index is 1.70. The number of hydrogen-bond donors (Lipinski definition) is 1. The molecule has 0 aromatic heterocycles. The van der Waals surface area contributed by atoms with E-state index in [1.54, 1.807) is 48.5 Å². The van der Waals surface area contributed by atoms with E-state index in [9.17, 15) is 22.4 Å². The average Bonchev–Trinajstić information content (AvgIpc) is 3.46. The van der Waals surface area contributed by atoms with Crippen molar-refractivity contribution < 1.29 is 22.4 Å². The van der Waals surface area contributed by atoms with E-state index in [1.807, 2.05) is 19.9 Å². The molecule has 0 saturated heterocycles. The van der Waals surface area contributed by atoms with Gasteiger partial charge in [-0.1, -0.05) is 62.2 Å². The molecule has 1 aliphatic rings. The Hall–Kier alpha value is -3.72. The highest BCUT2D eigenvalue weighted by Gasteiger charge is 2.34. The summed E-state index contributed by atoms with van der Waals surface area (Å²) >= 11 is 0. The summed E-state index contributed by atoms with van der Waals surface area (Å²) in [6.07, 6.45) is 4.21. The maximum Gasteiger partial charge on any atom is 0.264 e. The van der Waals surface area contributed by atoms with Crippen molar-refractivity contribution >= 4 is 27.5 Å². The second-order valence-electron chi connectivity index (χ2n) is 10.2. The second kappa shape index (κ2) is 13.1. The maximum absolute atomic E-state index is 14.1. The van der Waals surface area contributed by atoms with Crippen LogP contribution >= 0.6 is 0 Å². The summed E-state index contributed by atoms with van der Waals surface area (Å²) in [4.78, 5) is 29.0. The number of aryl methyl sites for hydroxylation is 1. The standard InChI is InChI=1S/C31H36FN3O4S/c1-3-29(31(37)33-26-11-7-8-12-26)34(21-24-16-18-25(32)19-17-24)30(36)22-35(27-13-9-10-23(2)20-27)40(38,39)28-14-5-4-6-15-28/h4-6,9-10,13-20,26,29H,3,7-8,11-12,21-22H2,1-2H3,(H,33,37)/t29-/m0/s1. The van der Waals surface area contributed by atoms with E-state index in [0.717, 1.165) is 35.6 Å². The molecule has 212 valence electrons. The number of amides is 2. The zero-order valence-electron chi connectivity index (χ0n) is 22.9. The van der Waals surface area contributed by atoms with E-state index >= 15 is 0 Å². The van der Waals surface area contributed by atoms with Gasteiger partial charge in [0.15, 0.2) is 0 Å². The highest BCUT2D eigenvalue weighted by molar-refractivity contribution is 7.92. The van der Waals surface area contributed by atoms with Gasteiger partial charge in [-0.2, -0.15) is 0 Å². The van der Waals surface area contributed by atoms with Crippen molar-refractivity contribution in [2.24, 2.45) is 0 Å². The van der Waals surface area contributed by atoms with Crippen LogP contribution in [0.25, 0.3) is 0 Å². The first-order chi connectivity index (χ1) is 19.2. The lowest BCUT2D eigenvalue weighted by molar-refractivity contribution is -0.140. The Morgan fingerprint density at radius 1 is 0.975 bits per heavy atom. The molecule has 1 N–H and O–H groups in total. The van der Waals surface area contributed by atoms with Crippen LogP contribution in [0, 0.1) is 12.7 Å². The monoisotopic (exact) mass is 565 g/mol.